The zero-order chi connectivity index (χ0) is 12.7. The highest BCUT2D eigenvalue weighted by atomic mass is 16.5. The Kier molecular flexibility index (Phi) is 4.94. The first kappa shape index (κ1) is 13.0. The van der Waals surface area contributed by atoms with E-state index in [4.69, 9.17) is 4.74 Å². The van der Waals surface area contributed by atoms with Gasteiger partial charge < -0.3 is 10.1 Å². The Labute approximate surface area is 100 Å². The van der Waals surface area contributed by atoms with E-state index in [0.29, 0.717) is 24.1 Å². The van der Waals surface area contributed by atoms with Crippen molar-refractivity contribution < 1.29 is 14.3 Å². The van der Waals surface area contributed by atoms with Crippen LogP contribution in [0.1, 0.15) is 15.9 Å². The number of hydrogen-bond acceptors (Lipinski definition) is 3. The Morgan fingerprint density at radius 2 is 2.29 bits per heavy atom. The van der Waals surface area contributed by atoms with Gasteiger partial charge in [-0.15, -0.1) is 6.58 Å². The fourth-order valence-electron chi connectivity index (χ4n) is 1.34. The molecule has 0 bridgehead atoms. The van der Waals surface area contributed by atoms with Crippen molar-refractivity contribution in [2.45, 2.75) is 6.92 Å². The maximum Gasteiger partial charge on any atom is 0.258 e. The van der Waals surface area contributed by atoms with Crippen molar-refractivity contribution in [3.05, 3.63) is 42.0 Å². The van der Waals surface area contributed by atoms with Crippen LogP contribution < -0.4 is 10.1 Å². The number of nitrogens with one attached hydrogen (secondary N) is 1. The molecule has 1 aromatic rings. The number of rotatable bonds is 6. The molecule has 0 heterocycles. The van der Waals surface area contributed by atoms with Gasteiger partial charge in [0.05, 0.1) is 5.56 Å². The first-order valence-electron chi connectivity index (χ1n) is 5.24. The minimum absolute atomic E-state index is 0.112. The van der Waals surface area contributed by atoms with E-state index in [0.717, 1.165) is 5.56 Å². The Balaban J connectivity index is 2.65. The normalized spacial score (nSPS) is 9.47. The summed E-state index contributed by atoms with van der Waals surface area (Å²) >= 11 is 0. The van der Waals surface area contributed by atoms with Crippen molar-refractivity contribution in [3.63, 3.8) is 0 Å². The van der Waals surface area contributed by atoms with Crippen LogP contribution in [0.5, 0.6) is 5.75 Å². The molecule has 0 aromatic heterocycles. The molecule has 0 spiro atoms. The number of para-hydroxylation sites is 1. The molecule has 1 aromatic carbocycles. The monoisotopic (exact) mass is 233 g/mol. The molecular formula is C13H15NO3. The average Bonchev–Trinajstić information content (AvgIpc) is 2.34. The largest absolute Gasteiger partial charge is 0.483 e. The fraction of sp³-hybridized carbons (Fsp3) is 0.231. The predicted octanol–water partition coefficient (Wildman–Crippen LogP) is 1.49. The molecule has 0 unspecified atom stereocenters. The third kappa shape index (κ3) is 3.75. The maximum atomic E-state index is 11.3. The molecule has 17 heavy (non-hydrogen) atoms. The molecule has 0 radical (unpaired) electrons. The van der Waals surface area contributed by atoms with E-state index in [1.807, 2.05) is 13.0 Å². The average molecular weight is 233 g/mol. The molecule has 4 nitrogen and oxygen atoms in total. The predicted molar refractivity (Wildman–Crippen MR) is 65.3 cm³/mol. The van der Waals surface area contributed by atoms with Gasteiger partial charge in [-0.2, -0.15) is 0 Å². The lowest BCUT2D eigenvalue weighted by Crippen LogP contribution is -2.29. The zero-order valence-electron chi connectivity index (χ0n) is 9.73. The van der Waals surface area contributed by atoms with E-state index < -0.39 is 0 Å². The molecule has 1 rings (SSSR count). The van der Waals surface area contributed by atoms with Gasteiger partial charge >= 0.3 is 0 Å². The van der Waals surface area contributed by atoms with Gasteiger partial charge in [-0.1, -0.05) is 18.2 Å². The van der Waals surface area contributed by atoms with Gasteiger partial charge in [0.1, 0.15) is 5.75 Å². The Hall–Kier alpha value is -2.10. The summed E-state index contributed by atoms with van der Waals surface area (Å²) in [5.41, 5.74) is 1.27. The van der Waals surface area contributed by atoms with E-state index in [9.17, 15) is 9.59 Å². The number of aryl methyl sites for hydroxylation is 1. The van der Waals surface area contributed by atoms with Gasteiger partial charge in [-0.05, 0) is 18.6 Å². The molecule has 1 amide bonds. The van der Waals surface area contributed by atoms with Gasteiger partial charge in [-0.25, -0.2) is 0 Å². The number of hydrogen-bond donors (Lipinski definition) is 1. The van der Waals surface area contributed by atoms with Crippen LogP contribution in [0.2, 0.25) is 0 Å². The van der Waals surface area contributed by atoms with Gasteiger partial charge in [0.25, 0.3) is 5.91 Å². The molecule has 0 aliphatic rings. The number of carbonyl (C=O) groups is 2. The minimum atomic E-state index is -0.245. The second-order valence-electron chi connectivity index (χ2n) is 3.49. The van der Waals surface area contributed by atoms with E-state index in [-0.39, 0.29) is 12.5 Å². The lowest BCUT2D eigenvalue weighted by Gasteiger charge is -2.10. The number of ether oxygens (including phenoxy) is 1. The summed E-state index contributed by atoms with van der Waals surface area (Å²) in [6, 6.07) is 5.24. The summed E-state index contributed by atoms with van der Waals surface area (Å²) in [5.74, 6) is 0.209. The van der Waals surface area contributed by atoms with Crippen molar-refractivity contribution in [1.29, 1.82) is 0 Å². The number of benzene rings is 1. The zero-order valence-corrected chi connectivity index (χ0v) is 9.73. The molecule has 1 N–H and O–H groups in total. The molecule has 90 valence electrons. The molecule has 0 atom stereocenters. The SMILES string of the molecule is C=CCNC(=O)COc1c(C)cccc1C=O. The van der Waals surface area contributed by atoms with Crippen LogP contribution in [0, 0.1) is 6.92 Å². The van der Waals surface area contributed by atoms with E-state index in [2.05, 4.69) is 11.9 Å². The van der Waals surface area contributed by atoms with E-state index >= 15 is 0 Å². The third-order valence-electron chi connectivity index (χ3n) is 2.16. The summed E-state index contributed by atoms with van der Waals surface area (Å²) in [5, 5.41) is 2.59. The number of carbonyl (C=O) groups excluding carboxylic acids is 2. The van der Waals surface area contributed by atoms with E-state index in [1.54, 1.807) is 18.2 Å². The highest BCUT2D eigenvalue weighted by Gasteiger charge is 2.08. The molecule has 4 heteroatoms. The van der Waals surface area contributed by atoms with Crippen LogP contribution >= 0.6 is 0 Å². The number of amides is 1. The third-order valence-corrected chi connectivity index (χ3v) is 2.16. The molecule has 0 aliphatic carbocycles. The van der Waals surface area contributed by atoms with Crippen LogP contribution in [-0.4, -0.2) is 25.3 Å². The second kappa shape index (κ2) is 6.48. The summed E-state index contributed by atoms with van der Waals surface area (Å²) < 4.78 is 5.34. The van der Waals surface area contributed by atoms with Crippen LogP contribution in [0.15, 0.2) is 30.9 Å². The van der Waals surface area contributed by atoms with Crippen LogP contribution in [-0.2, 0) is 4.79 Å². The Morgan fingerprint density at radius 1 is 1.53 bits per heavy atom. The van der Waals surface area contributed by atoms with Crippen molar-refractivity contribution in [1.82, 2.24) is 5.32 Å². The lowest BCUT2D eigenvalue weighted by molar-refractivity contribution is -0.122. The first-order chi connectivity index (χ1) is 8.19. The Bertz CT molecular complexity index is 427. The van der Waals surface area contributed by atoms with Crippen molar-refractivity contribution in [3.8, 4) is 5.75 Å². The van der Waals surface area contributed by atoms with Crippen LogP contribution in [0.3, 0.4) is 0 Å². The van der Waals surface area contributed by atoms with Crippen molar-refractivity contribution >= 4 is 12.2 Å². The maximum absolute atomic E-state index is 11.3. The fourth-order valence-corrected chi connectivity index (χ4v) is 1.34. The topological polar surface area (TPSA) is 55.4 Å². The van der Waals surface area contributed by atoms with Crippen LogP contribution in [0.25, 0.3) is 0 Å². The number of aldehydes is 1. The quantitative estimate of drug-likeness (QED) is 0.598. The van der Waals surface area contributed by atoms with Gasteiger partial charge in [0, 0.05) is 6.54 Å². The van der Waals surface area contributed by atoms with Crippen molar-refractivity contribution in [2.75, 3.05) is 13.2 Å². The summed E-state index contributed by atoms with van der Waals surface area (Å²) in [6.45, 7) is 5.60. The minimum Gasteiger partial charge on any atom is -0.483 e. The lowest BCUT2D eigenvalue weighted by atomic mass is 10.1. The first-order valence-corrected chi connectivity index (χ1v) is 5.24. The highest BCUT2D eigenvalue weighted by Crippen LogP contribution is 2.21. The Morgan fingerprint density at radius 3 is 2.94 bits per heavy atom. The molecular weight excluding hydrogens is 218 g/mol. The molecule has 0 saturated heterocycles. The standard InChI is InChI=1S/C13H15NO3/c1-3-7-14-12(16)9-17-13-10(2)5-4-6-11(13)8-15/h3-6,8H,1,7,9H2,2H3,(H,14,16). The van der Waals surface area contributed by atoms with Crippen LogP contribution in [0.4, 0.5) is 0 Å². The smallest absolute Gasteiger partial charge is 0.258 e. The van der Waals surface area contributed by atoms with E-state index in [1.165, 1.54) is 0 Å². The molecule has 0 saturated carbocycles. The highest BCUT2D eigenvalue weighted by molar-refractivity contribution is 5.81. The summed E-state index contributed by atoms with van der Waals surface area (Å²) in [7, 11) is 0. The molecule has 0 aliphatic heterocycles. The van der Waals surface area contributed by atoms with Crippen molar-refractivity contribution in [2.24, 2.45) is 0 Å². The van der Waals surface area contributed by atoms with Gasteiger partial charge in [-0.3, -0.25) is 9.59 Å². The molecule has 0 fully saturated rings. The second-order valence-corrected chi connectivity index (χ2v) is 3.49. The summed E-state index contributed by atoms with van der Waals surface area (Å²) in [4.78, 5) is 22.1. The van der Waals surface area contributed by atoms with Gasteiger partial charge in [0.2, 0.25) is 0 Å². The summed E-state index contributed by atoms with van der Waals surface area (Å²) in [6.07, 6.45) is 2.30. The van der Waals surface area contributed by atoms with Gasteiger partial charge in [0.15, 0.2) is 12.9 Å².